The topological polar surface area (TPSA) is 77.2 Å². The van der Waals surface area contributed by atoms with Gasteiger partial charge in [-0.05, 0) is 49.2 Å². The molecule has 1 N–H and O–H groups in total. The van der Waals surface area contributed by atoms with Gasteiger partial charge in [0.05, 0.1) is 5.56 Å². The second-order valence-electron chi connectivity index (χ2n) is 8.93. The zero-order valence-electron chi connectivity index (χ0n) is 19.6. The van der Waals surface area contributed by atoms with Gasteiger partial charge in [0.25, 0.3) is 0 Å². The zero-order valence-corrected chi connectivity index (χ0v) is 19.6. The molecule has 6 nitrogen and oxygen atoms in total. The lowest BCUT2D eigenvalue weighted by molar-refractivity contribution is -0.148. The van der Waals surface area contributed by atoms with E-state index in [0.29, 0.717) is 12.0 Å². The number of rotatable bonds is 8. The van der Waals surface area contributed by atoms with Gasteiger partial charge in [0.15, 0.2) is 0 Å². The number of halogens is 3. The number of benzene rings is 2. The minimum atomic E-state index is -4.50. The first kappa shape index (κ1) is 25.3. The van der Waals surface area contributed by atoms with Crippen molar-refractivity contribution in [2.24, 2.45) is 0 Å². The monoisotopic (exact) mass is 475 g/mol. The Morgan fingerprint density at radius 1 is 1.12 bits per heavy atom. The van der Waals surface area contributed by atoms with Gasteiger partial charge in [-0.15, -0.1) is 15.0 Å². The molecular formula is C25H28F3N3O3. The van der Waals surface area contributed by atoms with Gasteiger partial charge in [-0.3, -0.25) is 0 Å². The number of unbranched alkanes of at least 4 members (excludes halogenated alkanes) is 1. The van der Waals surface area contributed by atoms with Crippen molar-refractivity contribution in [3.63, 3.8) is 0 Å². The van der Waals surface area contributed by atoms with Crippen molar-refractivity contribution in [1.29, 1.82) is 0 Å². The first-order valence-electron chi connectivity index (χ1n) is 11.0. The average Bonchev–Trinajstić information content (AvgIpc) is 3.18. The van der Waals surface area contributed by atoms with Crippen LogP contribution in [0.5, 0.6) is 5.75 Å². The lowest BCUT2D eigenvalue weighted by Crippen LogP contribution is -2.38. The van der Waals surface area contributed by atoms with Gasteiger partial charge in [-0.2, -0.15) is 13.2 Å². The summed E-state index contributed by atoms with van der Waals surface area (Å²) >= 11 is 0. The molecule has 9 heteroatoms. The fourth-order valence-corrected chi connectivity index (χ4v) is 3.66. The third-order valence-electron chi connectivity index (χ3n) is 5.87. The van der Waals surface area contributed by atoms with Crippen molar-refractivity contribution in [2.45, 2.75) is 64.7 Å². The van der Waals surface area contributed by atoms with Crippen molar-refractivity contribution in [2.75, 3.05) is 0 Å². The Morgan fingerprint density at radius 3 is 2.38 bits per heavy atom. The summed E-state index contributed by atoms with van der Waals surface area (Å²) in [6.07, 6.45) is -2.58. The summed E-state index contributed by atoms with van der Waals surface area (Å²) in [5.41, 5.74) is 0.0738. The van der Waals surface area contributed by atoms with E-state index >= 15 is 0 Å². The highest BCUT2D eigenvalue weighted by Crippen LogP contribution is 2.36. The second-order valence-corrected chi connectivity index (χ2v) is 8.93. The van der Waals surface area contributed by atoms with Gasteiger partial charge in [-0.1, -0.05) is 46.3 Å². The molecule has 2 aromatic carbocycles. The van der Waals surface area contributed by atoms with Crippen LogP contribution in [0, 0.1) is 0 Å². The standard InChI is InChI=1S/C25H28F3N3O3/c1-6-7-8-22(34-23(33)15(2)3)24(4,5)16-10-12-21(32)20(14-16)31-29-18-11-9-17(25(26,27)28)13-19(18)30-31/h9-14,22,32H,2,6-8H2,1,3-5H3. The van der Waals surface area contributed by atoms with E-state index < -0.39 is 29.2 Å². The fourth-order valence-electron chi connectivity index (χ4n) is 3.66. The van der Waals surface area contributed by atoms with Gasteiger partial charge in [0.1, 0.15) is 28.6 Å². The number of esters is 1. The SMILES string of the molecule is C=C(C)C(=O)OC(CCCC)C(C)(C)c1ccc(O)c(-n2nc3ccc(C(F)(F)F)cc3n2)c1. The van der Waals surface area contributed by atoms with Crippen molar-refractivity contribution >= 4 is 17.0 Å². The van der Waals surface area contributed by atoms with Crippen LogP contribution in [0.15, 0.2) is 48.6 Å². The zero-order chi connectivity index (χ0) is 25.3. The molecule has 0 aliphatic heterocycles. The first-order valence-corrected chi connectivity index (χ1v) is 11.0. The van der Waals surface area contributed by atoms with E-state index in [1.807, 2.05) is 20.8 Å². The molecule has 3 aromatic rings. The van der Waals surface area contributed by atoms with Gasteiger partial charge in [0.2, 0.25) is 0 Å². The van der Waals surface area contributed by atoms with E-state index in [-0.39, 0.29) is 22.5 Å². The molecule has 0 bridgehead atoms. The lowest BCUT2D eigenvalue weighted by Gasteiger charge is -2.35. The molecule has 1 atom stereocenters. The fraction of sp³-hybridized carbons (Fsp3) is 0.400. The lowest BCUT2D eigenvalue weighted by atomic mass is 9.77. The van der Waals surface area contributed by atoms with Crippen molar-refractivity contribution in [1.82, 2.24) is 15.0 Å². The largest absolute Gasteiger partial charge is 0.506 e. The molecule has 1 heterocycles. The Balaban J connectivity index is 2.03. The number of carbonyl (C=O) groups excluding carboxylic acids is 1. The highest BCUT2D eigenvalue weighted by molar-refractivity contribution is 5.87. The van der Waals surface area contributed by atoms with Crippen LogP contribution in [0.1, 0.15) is 58.1 Å². The molecule has 0 radical (unpaired) electrons. The molecular weight excluding hydrogens is 447 g/mol. The van der Waals surface area contributed by atoms with Crippen LogP contribution in [0.2, 0.25) is 0 Å². The van der Waals surface area contributed by atoms with E-state index in [0.717, 1.165) is 35.3 Å². The smallest absolute Gasteiger partial charge is 0.416 e. The summed E-state index contributed by atoms with van der Waals surface area (Å²) in [6, 6.07) is 7.95. The third-order valence-corrected chi connectivity index (χ3v) is 5.87. The Bertz CT molecular complexity index is 1220. The summed E-state index contributed by atoms with van der Waals surface area (Å²) in [5.74, 6) is -0.617. The minimum absolute atomic E-state index is 0.0510. The Hall–Kier alpha value is -3.36. The molecule has 1 aromatic heterocycles. The van der Waals surface area contributed by atoms with Crippen LogP contribution in [0.4, 0.5) is 13.2 Å². The normalized spacial score (nSPS) is 13.1. The number of hydrogen-bond donors (Lipinski definition) is 1. The van der Waals surface area contributed by atoms with Crippen molar-refractivity contribution in [3.8, 4) is 11.4 Å². The molecule has 3 rings (SSSR count). The first-order chi connectivity index (χ1) is 15.8. The van der Waals surface area contributed by atoms with Crippen LogP contribution >= 0.6 is 0 Å². The molecule has 0 saturated heterocycles. The quantitative estimate of drug-likeness (QED) is 0.315. The number of carbonyl (C=O) groups is 1. The summed E-state index contributed by atoms with van der Waals surface area (Å²) < 4.78 is 44.9. The highest BCUT2D eigenvalue weighted by atomic mass is 19.4. The number of nitrogens with zero attached hydrogens (tertiary/aromatic N) is 3. The van der Waals surface area contributed by atoms with E-state index in [4.69, 9.17) is 4.74 Å². The maximum Gasteiger partial charge on any atom is 0.416 e. The van der Waals surface area contributed by atoms with Gasteiger partial charge in [-0.25, -0.2) is 4.79 Å². The number of aromatic nitrogens is 3. The minimum Gasteiger partial charge on any atom is -0.506 e. The molecule has 0 amide bonds. The van der Waals surface area contributed by atoms with Crippen molar-refractivity contribution in [3.05, 3.63) is 59.7 Å². The maximum atomic E-state index is 13.1. The Labute approximate surface area is 196 Å². The highest BCUT2D eigenvalue weighted by Gasteiger charge is 2.35. The van der Waals surface area contributed by atoms with Gasteiger partial charge < -0.3 is 9.84 Å². The predicted molar refractivity (Wildman–Crippen MR) is 123 cm³/mol. The van der Waals surface area contributed by atoms with E-state index in [1.54, 1.807) is 19.1 Å². The second kappa shape index (κ2) is 9.48. The predicted octanol–water partition coefficient (Wildman–Crippen LogP) is 6.10. The van der Waals surface area contributed by atoms with Gasteiger partial charge in [0, 0.05) is 11.0 Å². The van der Waals surface area contributed by atoms with E-state index in [1.165, 1.54) is 12.1 Å². The Kier molecular flexibility index (Phi) is 7.05. The maximum absolute atomic E-state index is 13.1. The van der Waals surface area contributed by atoms with Crippen LogP contribution in [-0.2, 0) is 21.1 Å². The Morgan fingerprint density at radius 2 is 1.76 bits per heavy atom. The van der Waals surface area contributed by atoms with Crippen LogP contribution in [-0.4, -0.2) is 32.2 Å². The van der Waals surface area contributed by atoms with Crippen molar-refractivity contribution < 1.29 is 27.8 Å². The number of aromatic hydroxyl groups is 1. The van der Waals surface area contributed by atoms with Crippen LogP contribution < -0.4 is 0 Å². The number of alkyl halides is 3. The number of phenolic OH excluding ortho intramolecular Hbond substituents is 1. The molecule has 0 aliphatic rings. The average molecular weight is 476 g/mol. The summed E-state index contributed by atoms with van der Waals surface area (Å²) in [7, 11) is 0. The number of hydrogen-bond acceptors (Lipinski definition) is 5. The van der Waals surface area contributed by atoms with Gasteiger partial charge >= 0.3 is 12.1 Å². The van der Waals surface area contributed by atoms with E-state index in [9.17, 15) is 23.1 Å². The molecule has 0 spiro atoms. The summed E-state index contributed by atoms with van der Waals surface area (Å²) in [4.78, 5) is 13.4. The van der Waals surface area contributed by atoms with Crippen LogP contribution in [0.3, 0.4) is 0 Å². The number of fused-ring (bicyclic) bond motifs is 1. The summed E-state index contributed by atoms with van der Waals surface area (Å²) in [5, 5.41) is 18.9. The number of ether oxygens (including phenoxy) is 1. The molecule has 34 heavy (non-hydrogen) atoms. The molecule has 0 fully saturated rings. The molecule has 1 unspecified atom stereocenters. The number of phenols is 1. The molecule has 0 aliphatic carbocycles. The molecule has 0 saturated carbocycles. The van der Waals surface area contributed by atoms with Crippen LogP contribution in [0.25, 0.3) is 16.7 Å². The summed E-state index contributed by atoms with van der Waals surface area (Å²) in [6.45, 7) is 11.1. The van der Waals surface area contributed by atoms with E-state index in [2.05, 4.69) is 16.8 Å². The molecule has 182 valence electrons. The third kappa shape index (κ3) is 5.24.